The minimum Gasteiger partial charge on any atom is -0.494 e. The predicted octanol–water partition coefficient (Wildman–Crippen LogP) is 6.80. The van der Waals surface area contributed by atoms with Gasteiger partial charge in [-0.3, -0.25) is 9.36 Å². The van der Waals surface area contributed by atoms with E-state index in [1.807, 2.05) is 73.7 Å². The summed E-state index contributed by atoms with van der Waals surface area (Å²) in [6.07, 6.45) is 1.81. The fourth-order valence-electron chi connectivity index (χ4n) is 4.78. The zero-order chi connectivity index (χ0) is 30.7. The Kier molecular flexibility index (Phi) is 10.1. The van der Waals surface area contributed by atoms with Crippen molar-refractivity contribution >= 4 is 73.5 Å². The Labute approximate surface area is 279 Å². The molecule has 1 atom stereocenters. The number of rotatable bonds is 9. The number of carbonyl (C=O) groups excluding carboxylic acids is 1. The smallest absolute Gasteiger partial charge is 0.338 e. The summed E-state index contributed by atoms with van der Waals surface area (Å²) in [6, 6.07) is 18.0. The van der Waals surface area contributed by atoms with Crippen LogP contribution in [0.4, 0.5) is 0 Å². The molecule has 0 saturated heterocycles. The second kappa shape index (κ2) is 13.8. The number of aromatic nitrogens is 1. The number of ether oxygens (including phenoxy) is 3. The molecule has 0 aliphatic carbocycles. The summed E-state index contributed by atoms with van der Waals surface area (Å²) in [7, 11) is 0. The van der Waals surface area contributed by atoms with Crippen molar-refractivity contribution in [2.24, 2.45) is 4.99 Å². The number of nitrogens with zero attached hydrogens (tertiary/aromatic N) is 2. The summed E-state index contributed by atoms with van der Waals surface area (Å²) in [5, 5.41) is 0.632. The number of fused-ring (bicyclic) bond motifs is 1. The van der Waals surface area contributed by atoms with E-state index in [2.05, 4.69) is 43.5 Å². The number of allylic oxidation sites excluding steroid dienone is 1. The molecule has 7 nitrogen and oxygen atoms in total. The van der Waals surface area contributed by atoms with Crippen LogP contribution in [0.5, 0.6) is 11.5 Å². The molecule has 4 aromatic rings. The van der Waals surface area contributed by atoms with Crippen molar-refractivity contribution < 1.29 is 19.0 Å². The number of thiazole rings is 1. The van der Waals surface area contributed by atoms with Gasteiger partial charge < -0.3 is 14.2 Å². The van der Waals surface area contributed by atoms with E-state index in [9.17, 15) is 9.59 Å². The van der Waals surface area contributed by atoms with Crippen LogP contribution in [-0.2, 0) is 16.1 Å². The molecule has 0 bridgehead atoms. The van der Waals surface area contributed by atoms with E-state index >= 15 is 0 Å². The van der Waals surface area contributed by atoms with E-state index in [0.29, 0.717) is 50.3 Å². The van der Waals surface area contributed by atoms with Gasteiger partial charge in [0.1, 0.15) is 18.1 Å². The lowest BCUT2D eigenvalue weighted by Crippen LogP contribution is -2.39. The van der Waals surface area contributed by atoms with Crippen LogP contribution in [0.25, 0.3) is 6.08 Å². The molecule has 0 saturated carbocycles. The van der Waals surface area contributed by atoms with Crippen LogP contribution in [0.1, 0.15) is 43.5 Å². The van der Waals surface area contributed by atoms with Gasteiger partial charge in [0.15, 0.2) is 4.80 Å². The fraction of sp³-hybridized carbons (Fsp3) is 0.219. The largest absolute Gasteiger partial charge is 0.494 e. The van der Waals surface area contributed by atoms with Crippen LogP contribution < -0.4 is 24.4 Å². The van der Waals surface area contributed by atoms with Crippen molar-refractivity contribution in [3.63, 3.8) is 0 Å². The number of hydrogen-bond acceptors (Lipinski definition) is 7. The van der Waals surface area contributed by atoms with Crippen molar-refractivity contribution in [2.45, 2.75) is 33.4 Å². The first-order chi connectivity index (χ1) is 20.7. The molecule has 2 heterocycles. The van der Waals surface area contributed by atoms with Crippen molar-refractivity contribution in [1.82, 2.24) is 4.57 Å². The molecule has 0 unspecified atom stereocenters. The van der Waals surface area contributed by atoms with Gasteiger partial charge in [0.05, 0.1) is 38.6 Å². The molecule has 5 rings (SSSR count). The standard InChI is InChI=1S/C32H27BrClIN2O5S/c1-4-40-24-11-9-20(10-12-24)28-27(31(39)41-5-2)18(3)36-32-37(28)30(38)26(43-32)15-21-14-22(33)16-25(35)29(21)42-17-19-7-6-8-23(34)13-19/h6-16,28H,4-5,17H2,1-3H3/b26-15-/t28-/m0/s1. The van der Waals surface area contributed by atoms with Crippen molar-refractivity contribution in [3.8, 4) is 11.5 Å². The molecule has 11 heteroatoms. The van der Waals surface area contributed by atoms with Crippen LogP contribution in [0, 0.1) is 3.57 Å². The number of esters is 1. The summed E-state index contributed by atoms with van der Waals surface area (Å²) in [5.41, 5.74) is 2.96. The Balaban J connectivity index is 1.63. The molecule has 0 N–H and O–H groups in total. The number of halogens is 3. The highest BCUT2D eigenvalue weighted by Gasteiger charge is 2.33. The van der Waals surface area contributed by atoms with Gasteiger partial charge in [-0.15, -0.1) is 0 Å². The molecule has 222 valence electrons. The molecule has 1 aromatic heterocycles. The van der Waals surface area contributed by atoms with Crippen LogP contribution >= 0.6 is 61.5 Å². The normalized spacial score (nSPS) is 14.7. The number of hydrogen-bond donors (Lipinski definition) is 0. The molecule has 43 heavy (non-hydrogen) atoms. The minimum absolute atomic E-state index is 0.204. The van der Waals surface area contributed by atoms with Gasteiger partial charge in [-0.2, -0.15) is 0 Å². The van der Waals surface area contributed by atoms with Crippen molar-refractivity contribution in [2.75, 3.05) is 13.2 Å². The van der Waals surface area contributed by atoms with Gasteiger partial charge >= 0.3 is 5.97 Å². The maximum absolute atomic E-state index is 14.1. The second-order valence-corrected chi connectivity index (χ2v) is 13.1. The highest BCUT2D eigenvalue weighted by atomic mass is 127. The molecular weight excluding hydrogens is 767 g/mol. The van der Waals surface area contributed by atoms with Gasteiger partial charge in [0, 0.05) is 15.1 Å². The van der Waals surface area contributed by atoms with Crippen LogP contribution in [0.2, 0.25) is 5.02 Å². The van der Waals surface area contributed by atoms with E-state index in [0.717, 1.165) is 24.7 Å². The van der Waals surface area contributed by atoms with Gasteiger partial charge in [0.2, 0.25) is 0 Å². The Hall–Kier alpha value is -2.93. The van der Waals surface area contributed by atoms with E-state index in [1.165, 1.54) is 11.3 Å². The molecule has 0 amide bonds. The van der Waals surface area contributed by atoms with Gasteiger partial charge in [-0.25, -0.2) is 9.79 Å². The van der Waals surface area contributed by atoms with Gasteiger partial charge in [0.25, 0.3) is 5.56 Å². The Morgan fingerprint density at radius 3 is 2.58 bits per heavy atom. The molecule has 0 radical (unpaired) electrons. The monoisotopic (exact) mass is 792 g/mol. The third-order valence-electron chi connectivity index (χ3n) is 6.62. The molecule has 1 aliphatic rings. The molecule has 0 spiro atoms. The van der Waals surface area contributed by atoms with Crippen molar-refractivity contribution in [1.29, 1.82) is 0 Å². The van der Waals surface area contributed by atoms with E-state index in [-0.39, 0.29) is 12.2 Å². The third-order valence-corrected chi connectivity index (χ3v) is 9.10. The third kappa shape index (κ3) is 6.92. The summed E-state index contributed by atoms with van der Waals surface area (Å²) in [6.45, 7) is 6.47. The summed E-state index contributed by atoms with van der Waals surface area (Å²) in [4.78, 5) is 32.5. The Bertz CT molecular complexity index is 1900. The molecule has 0 fully saturated rings. The average molecular weight is 794 g/mol. The molecule has 3 aromatic carbocycles. The first-order valence-electron chi connectivity index (χ1n) is 13.5. The summed E-state index contributed by atoms with van der Waals surface area (Å²) < 4.78 is 21.0. The minimum atomic E-state index is -0.714. The quantitative estimate of drug-likeness (QED) is 0.138. The highest BCUT2D eigenvalue weighted by molar-refractivity contribution is 14.1. The van der Waals surface area contributed by atoms with E-state index in [1.54, 1.807) is 18.4 Å². The number of carbonyl (C=O) groups is 1. The van der Waals surface area contributed by atoms with E-state index < -0.39 is 12.0 Å². The second-order valence-electron chi connectivity index (χ2n) is 9.53. The average Bonchev–Trinajstić information content (AvgIpc) is 3.26. The lowest BCUT2D eigenvalue weighted by Gasteiger charge is -2.24. The first-order valence-corrected chi connectivity index (χ1v) is 16.6. The maximum atomic E-state index is 14.1. The van der Waals surface area contributed by atoms with Gasteiger partial charge in [-0.1, -0.05) is 63.1 Å². The molecular formula is C32H27BrClIN2O5S. The first kappa shape index (κ1) is 31.5. The van der Waals surface area contributed by atoms with Crippen LogP contribution in [-0.4, -0.2) is 23.8 Å². The lowest BCUT2D eigenvalue weighted by molar-refractivity contribution is -0.139. The zero-order valence-electron chi connectivity index (χ0n) is 23.5. The number of benzene rings is 3. The predicted molar refractivity (Wildman–Crippen MR) is 181 cm³/mol. The topological polar surface area (TPSA) is 79.1 Å². The Morgan fingerprint density at radius 2 is 1.88 bits per heavy atom. The molecule has 1 aliphatic heterocycles. The SMILES string of the molecule is CCOC(=O)C1=C(C)N=c2s/c(=C\c3cc(Br)cc(I)c3OCc3cccc(Cl)c3)c(=O)n2[C@H]1c1ccc(OCC)cc1. The fourth-order valence-corrected chi connectivity index (χ4v) is 7.74. The summed E-state index contributed by atoms with van der Waals surface area (Å²) >= 11 is 13.2. The van der Waals surface area contributed by atoms with E-state index in [4.69, 9.17) is 25.8 Å². The lowest BCUT2D eigenvalue weighted by atomic mass is 9.96. The maximum Gasteiger partial charge on any atom is 0.338 e. The summed E-state index contributed by atoms with van der Waals surface area (Å²) in [5.74, 6) is 0.836. The van der Waals surface area contributed by atoms with Crippen molar-refractivity contribution in [3.05, 3.63) is 121 Å². The van der Waals surface area contributed by atoms with Gasteiger partial charge in [-0.05, 0) is 97.0 Å². The Morgan fingerprint density at radius 1 is 1.12 bits per heavy atom. The highest BCUT2D eigenvalue weighted by Crippen LogP contribution is 2.33. The van der Waals surface area contributed by atoms with Crippen LogP contribution in [0.15, 0.2) is 86.2 Å². The van der Waals surface area contributed by atoms with Crippen LogP contribution in [0.3, 0.4) is 0 Å². The zero-order valence-corrected chi connectivity index (χ0v) is 28.8.